The number of methoxy groups -OCH3 is 1. The van der Waals surface area contributed by atoms with Gasteiger partial charge >= 0.3 is 0 Å². The van der Waals surface area contributed by atoms with Crippen LogP contribution in [0.4, 0.5) is 4.39 Å². The van der Waals surface area contributed by atoms with Crippen molar-refractivity contribution in [1.29, 1.82) is 0 Å². The summed E-state index contributed by atoms with van der Waals surface area (Å²) < 4.78 is 24.1. The van der Waals surface area contributed by atoms with Gasteiger partial charge in [0.1, 0.15) is 29.4 Å². The summed E-state index contributed by atoms with van der Waals surface area (Å²) in [6, 6.07) is 2.50. The zero-order valence-electron chi connectivity index (χ0n) is 12.5. The monoisotopic (exact) mass is 306 g/mol. The van der Waals surface area contributed by atoms with Gasteiger partial charge in [0, 0.05) is 25.2 Å². The number of hydrogen-bond acceptors (Lipinski definition) is 4. The van der Waals surface area contributed by atoms with Crippen LogP contribution in [0.5, 0.6) is 5.75 Å². The van der Waals surface area contributed by atoms with Crippen molar-refractivity contribution in [3.63, 3.8) is 0 Å². The lowest BCUT2D eigenvalue weighted by Crippen LogP contribution is -2.16. The third-order valence-electron chi connectivity index (χ3n) is 4.04. The fourth-order valence-electron chi connectivity index (χ4n) is 2.96. The van der Waals surface area contributed by atoms with Crippen molar-refractivity contribution < 1.29 is 13.9 Å². The lowest BCUT2D eigenvalue weighted by molar-refractivity contribution is 0.147. The summed E-state index contributed by atoms with van der Waals surface area (Å²) in [5.74, 6) is 0.663. The largest absolute Gasteiger partial charge is 0.490 e. The maximum absolute atomic E-state index is 13.8. The van der Waals surface area contributed by atoms with Crippen LogP contribution in [0, 0.1) is 5.82 Å². The molecule has 1 heterocycles. The van der Waals surface area contributed by atoms with Gasteiger partial charge in [-0.25, -0.2) is 9.37 Å². The molecule has 0 bridgehead atoms. The molecule has 0 amide bonds. The number of benzene rings is 1. The van der Waals surface area contributed by atoms with E-state index >= 15 is 0 Å². The molecule has 6 heteroatoms. The highest BCUT2D eigenvalue weighted by Gasteiger charge is 2.21. The second-order valence-electron chi connectivity index (χ2n) is 5.57. The quantitative estimate of drug-likeness (QED) is 0.863. The van der Waals surface area contributed by atoms with E-state index < -0.39 is 5.82 Å². The van der Waals surface area contributed by atoms with Crippen molar-refractivity contribution >= 4 is 10.9 Å². The SMILES string of the molecule is COCCOc1cc(F)cc2nc(C3CCCC3)[nH]c(=O)c12. The van der Waals surface area contributed by atoms with Crippen LogP contribution in [0.15, 0.2) is 16.9 Å². The molecular weight excluding hydrogens is 287 g/mol. The number of ether oxygens (including phenoxy) is 2. The van der Waals surface area contributed by atoms with Gasteiger partial charge in [-0.1, -0.05) is 12.8 Å². The average molecular weight is 306 g/mol. The molecular formula is C16H19FN2O3. The van der Waals surface area contributed by atoms with Gasteiger partial charge in [-0.2, -0.15) is 0 Å². The summed E-state index contributed by atoms with van der Waals surface area (Å²) in [6.45, 7) is 0.613. The molecule has 1 N–H and O–H groups in total. The fraction of sp³-hybridized carbons (Fsp3) is 0.500. The van der Waals surface area contributed by atoms with Gasteiger partial charge in [0.15, 0.2) is 0 Å². The minimum atomic E-state index is -0.463. The highest BCUT2D eigenvalue weighted by molar-refractivity contribution is 5.84. The zero-order valence-corrected chi connectivity index (χ0v) is 12.5. The van der Waals surface area contributed by atoms with E-state index in [2.05, 4.69) is 9.97 Å². The molecule has 118 valence electrons. The molecule has 0 spiro atoms. The summed E-state index contributed by atoms with van der Waals surface area (Å²) in [6.07, 6.45) is 4.31. The molecule has 1 aliphatic carbocycles. The van der Waals surface area contributed by atoms with Crippen molar-refractivity contribution in [2.24, 2.45) is 0 Å². The molecule has 0 saturated heterocycles. The second kappa shape index (κ2) is 6.44. The highest BCUT2D eigenvalue weighted by Crippen LogP contribution is 2.32. The number of aromatic amines is 1. The van der Waals surface area contributed by atoms with Crippen LogP contribution in [-0.4, -0.2) is 30.3 Å². The number of fused-ring (bicyclic) bond motifs is 1. The first-order valence-corrected chi connectivity index (χ1v) is 7.54. The smallest absolute Gasteiger partial charge is 0.262 e. The Kier molecular flexibility index (Phi) is 4.38. The minimum absolute atomic E-state index is 0.207. The Balaban J connectivity index is 2.04. The van der Waals surface area contributed by atoms with Crippen molar-refractivity contribution in [3.05, 3.63) is 34.1 Å². The highest BCUT2D eigenvalue weighted by atomic mass is 19.1. The summed E-state index contributed by atoms with van der Waals surface area (Å²) in [4.78, 5) is 19.7. The maximum atomic E-state index is 13.8. The summed E-state index contributed by atoms with van der Waals surface area (Å²) in [5, 5.41) is 0.291. The molecule has 0 unspecified atom stereocenters. The van der Waals surface area contributed by atoms with Gasteiger partial charge in [-0.15, -0.1) is 0 Å². The molecule has 1 saturated carbocycles. The summed E-state index contributed by atoms with van der Waals surface area (Å²) in [5.41, 5.74) is 0.0670. The molecule has 1 aromatic carbocycles. The van der Waals surface area contributed by atoms with Crippen molar-refractivity contribution in [3.8, 4) is 5.75 Å². The van der Waals surface area contributed by atoms with Gasteiger partial charge in [-0.3, -0.25) is 4.79 Å². The van der Waals surface area contributed by atoms with Crippen molar-refractivity contribution in [1.82, 2.24) is 9.97 Å². The van der Waals surface area contributed by atoms with Gasteiger partial charge in [0.2, 0.25) is 0 Å². The van der Waals surface area contributed by atoms with Crippen LogP contribution < -0.4 is 10.3 Å². The van der Waals surface area contributed by atoms with Gasteiger partial charge in [0.05, 0.1) is 12.1 Å². The molecule has 1 fully saturated rings. The predicted molar refractivity (Wildman–Crippen MR) is 80.9 cm³/mol. The van der Waals surface area contributed by atoms with Crippen molar-refractivity contribution in [2.75, 3.05) is 20.3 Å². The maximum Gasteiger partial charge on any atom is 0.262 e. The van der Waals surface area contributed by atoms with Crippen molar-refractivity contribution in [2.45, 2.75) is 31.6 Å². The van der Waals surface area contributed by atoms with Gasteiger partial charge in [0.25, 0.3) is 5.56 Å². The predicted octanol–water partition coefficient (Wildman–Crippen LogP) is 2.75. The van der Waals surface area contributed by atoms with Crippen LogP contribution in [0.3, 0.4) is 0 Å². The first-order valence-electron chi connectivity index (χ1n) is 7.54. The molecule has 1 aromatic heterocycles. The van der Waals surface area contributed by atoms with Crippen LogP contribution in [0.2, 0.25) is 0 Å². The first-order chi connectivity index (χ1) is 10.7. The molecule has 3 rings (SSSR count). The van der Waals surface area contributed by atoms with E-state index in [1.165, 1.54) is 12.1 Å². The number of rotatable bonds is 5. The Morgan fingerprint density at radius 1 is 1.32 bits per heavy atom. The van der Waals surface area contributed by atoms with Gasteiger partial charge < -0.3 is 14.5 Å². The van der Waals surface area contributed by atoms with Crippen LogP contribution in [0.1, 0.15) is 37.4 Å². The molecule has 0 radical (unpaired) electrons. The van der Waals surface area contributed by atoms with E-state index in [0.29, 0.717) is 23.3 Å². The molecule has 0 atom stereocenters. The average Bonchev–Trinajstić information content (AvgIpc) is 3.00. The first kappa shape index (κ1) is 15.0. The Hall–Kier alpha value is -1.95. The summed E-state index contributed by atoms with van der Waals surface area (Å²) in [7, 11) is 1.55. The van der Waals surface area contributed by atoms with E-state index in [-0.39, 0.29) is 23.8 Å². The number of H-pyrrole nitrogens is 1. The number of nitrogens with zero attached hydrogens (tertiary/aromatic N) is 1. The van der Waals surface area contributed by atoms with E-state index in [1.54, 1.807) is 7.11 Å². The molecule has 22 heavy (non-hydrogen) atoms. The topological polar surface area (TPSA) is 64.2 Å². The zero-order chi connectivity index (χ0) is 15.5. The third-order valence-corrected chi connectivity index (χ3v) is 4.04. The van der Waals surface area contributed by atoms with Crippen LogP contribution in [0.25, 0.3) is 10.9 Å². The molecule has 5 nitrogen and oxygen atoms in total. The lowest BCUT2D eigenvalue weighted by atomic mass is 10.1. The summed E-state index contributed by atoms with van der Waals surface area (Å²) >= 11 is 0. The Morgan fingerprint density at radius 3 is 2.82 bits per heavy atom. The Labute approximate surface area is 127 Å². The second-order valence-corrected chi connectivity index (χ2v) is 5.57. The number of halogens is 1. The van der Waals surface area contributed by atoms with Gasteiger partial charge in [-0.05, 0) is 12.8 Å². The normalized spacial score (nSPS) is 15.5. The third kappa shape index (κ3) is 2.97. The van der Waals surface area contributed by atoms with Crippen LogP contribution in [-0.2, 0) is 4.74 Å². The van der Waals surface area contributed by atoms with E-state index in [0.717, 1.165) is 25.7 Å². The molecule has 0 aliphatic heterocycles. The van der Waals surface area contributed by atoms with E-state index in [4.69, 9.17) is 9.47 Å². The standard InChI is InChI=1S/C16H19FN2O3/c1-21-6-7-22-13-9-11(17)8-12-14(13)16(20)19-15(18-12)10-4-2-3-5-10/h8-10H,2-7H2,1H3,(H,18,19,20). The Morgan fingerprint density at radius 2 is 2.09 bits per heavy atom. The molecule has 2 aromatic rings. The number of hydrogen-bond donors (Lipinski definition) is 1. The number of nitrogens with one attached hydrogen (secondary N) is 1. The van der Waals surface area contributed by atoms with E-state index in [1.807, 2.05) is 0 Å². The van der Waals surface area contributed by atoms with Crippen LogP contribution >= 0.6 is 0 Å². The Bertz CT molecular complexity index is 723. The minimum Gasteiger partial charge on any atom is -0.490 e. The van der Waals surface area contributed by atoms with E-state index in [9.17, 15) is 9.18 Å². The fourth-order valence-corrected chi connectivity index (χ4v) is 2.96. The number of aromatic nitrogens is 2. The lowest BCUT2D eigenvalue weighted by Gasteiger charge is -2.12. The molecule has 1 aliphatic rings.